The first-order valence-electron chi connectivity index (χ1n) is 9.43. The molecule has 1 aliphatic heterocycles. The molecule has 2 heterocycles. The van der Waals surface area contributed by atoms with Crippen molar-refractivity contribution in [2.24, 2.45) is 0 Å². The van der Waals surface area contributed by atoms with Gasteiger partial charge in [0.1, 0.15) is 12.0 Å². The van der Waals surface area contributed by atoms with Gasteiger partial charge in [0.15, 0.2) is 11.6 Å². The van der Waals surface area contributed by atoms with Crippen LogP contribution >= 0.6 is 0 Å². The van der Waals surface area contributed by atoms with Gasteiger partial charge in [-0.2, -0.15) is 0 Å². The van der Waals surface area contributed by atoms with Crippen LogP contribution in [0.5, 0.6) is 0 Å². The van der Waals surface area contributed by atoms with Crippen molar-refractivity contribution >= 4 is 23.0 Å². The summed E-state index contributed by atoms with van der Waals surface area (Å²) in [6.07, 6.45) is 1.57. The van der Waals surface area contributed by atoms with E-state index in [-0.39, 0.29) is 6.04 Å². The summed E-state index contributed by atoms with van der Waals surface area (Å²) in [5, 5.41) is 3.30. The second-order valence-corrected chi connectivity index (χ2v) is 7.15. The van der Waals surface area contributed by atoms with Crippen molar-refractivity contribution < 1.29 is 4.74 Å². The average molecular weight is 371 g/mol. The van der Waals surface area contributed by atoms with Crippen LogP contribution in [0.4, 0.5) is 23.0 Å². The molecule has 1 saturated heterocycles. The number of anilines is 4. The van der Waals surface area contributed by atoms with Gasteiger partial charge in [-0.05, 0) is 38.0 Å². The summed E-state index contributed by atoms with van der Waals surface area (Å²) in [6.45, 7) is 10.6. The molecule has 1 fully saturated rings. The summed E-state index contributed by atoms with van der Waals surface area (Å²) in [6, 6.07) is 6.62. The highest BCUT2D eigenvalue weighted by Crippen LogP contribution is 2.29. The van der Waals surface area contributed by atoms with Crippen molar-refractivity contribution in [1.29, 1.82) is 0 Å². The molecular formula is C20H30N6O. The Morgan fingerprint density at radius 2 is 1.85 bits per heavy atom. The monoisotopic (exact) mass is 370 g/mol. The Bertz CT molecular complexity index is 773. The Kier molecular flexibility index (Phi) is 6.01. The number of nitrogens with one attached hydrogen (secondary N) is 1. The SMILES string of the molecule is COCC(C)Nc1ncnc(N2CCN(c3cccc(C)c3C)CC2)c1N. The predicted molar refractivity (Wildman–Crippen MR) is 112 cm³/mol. The molecule has 0 saturated carbocycles. The fourth-order valence-electron chi connectivity index (χ4n) is 3.52. The average Bonchev–Trinajstić information content (AvgIpc) is 2.66. The van der Waals surface area contributed by atoms with E-state index in [0.717, 1.165) is 32.0 Å². The van der Waals surface area contributed by atoms with Crippen LogP contribution in [0.25, 0.3) is 0 Å². The maximum absolute atomic E-state index is 6.36. The van der Waals surface area contributed by atoms with Gasteiger partial charge in [0.2, 0.25) is 0 Å². The predicted octanol–water partition coefficient (Wildman–Crippen LogP) is 2.45. The number of aryl methyl sites for hydroxylation is 1. The van der Waals surface area contributed by atoms with E-state index in [1.807, 2.05) is 6.92 Å². The first kappa shape index (κ1) is 19.2. The lowest BCUT2D eigenvalue weighted by Crippen LogP contribution is -2.47. The van der Waals surface area contributed by atoms with E-state index in [2.05, 4.69) is 57.1 Å². The van der Waals surface area contributed by atoms with Crippen LogP contribution in [0.2, 0.25) is 0 Å². The number of nitrogens with two attached hydrogens (primary N) is 1. The number of nitrogens with zero attached hydrogens (tertiary/aromatic N) is 4. The molecule has 3 N–H and O–H groups in total. The number of benzene rings is 1. The second kappa shape index (κ2) is 8.43. The molecule has 1 unspecified atom stereocenters. The standard InChI is InChI=1S/C20H30N6O/c1-14-6-5-7-17(16(14)3)25-8-10-26(11-9-25)20-18(21)19(22-13-23-20)24-15(2)12-27-4/h5-7,13,15H,8-12,21H2,1-4H3,(H,22,23,24). The third-order valence-electron chi connectivity index (χ3n) is 5.16. The first-order valence-corrected chi connectivity index (χ1v) is 9.43. The molecule has 1 aliphatic rings. The minimum Gasteiger partial charge on any atom is -0.393 e. The van der Waals surface area contributed by atoms with Crippen LogP contribution in [0, 0.1) is 13.8 Å². The molecule has 0 radical (unpaired) electrons. The van der Waals surface area contributed by atoms with Crippen LogP contribution in [0.1, 0.15) is 18.1 Å². The highest BCUT2D eigenvalue weighted by molar-refractivity contribution is 5.75. The van der Waals surface area contributed by atoms with Gasteiger partial charge in [0.25, 0.3) is 0 Å². The van der Waals surface area contributed by atoms with Crippen molar-refractivity contribution in [3.63, 3.8) is 0 Å². The summed E-state index contributed by atoms with van der Waals surface area (Å²) >= 11 is 0. The number of methoxy groups -OCH3 is 1. The van der Waals surface area contributed by atoms with Crippen LogP contribution in [0.15, 0.2) is 24.5 Å². The van der Waals surface area contributed by atoms with Crippen LogP contribution in [-0.2, 0) is 4.74 Å². The molecule has 2 aromatic rings. The van der Waals surface area contributed by atoms with Gasteiger partial charge in [-0.1, -0.05) is 12.1 Å². The van der Waals surface area contributed by atoms with E-state index >= 15 is 0 Å². The molecule has 146 valence electrons. The Balaban J connectivity index is 1.70. The summed E-state index contributed by atoms with van der Waals surface area (Å²) < 4.78 is 5.17. The van der Waals surface area contributed by atoms with Crippen molar-refractivity contribution in [3.8, 4) is 0 Å². The van der Waals surface area contributed by atoms with Crippen molar-refractivity contribution in [2.75, 3.05) is 60.7 Å². The minimum atomic E-state index is 0.126. The van der Waals surface area contributed by atoms with Crippen molar-refractivity contribution in [2.45, 2.75) is 26.8 Å². The maximum atomic E-state index is 6.36. The minimum absolute atomic E-state index is 0.126. The third kappa shape index (κ3) is 4.24. The first-order chi connectivity index (χ1) is 13.0. The van der Waals surface area contributed by atoms with Crippen molar-refractivity contribution in [3.05, 3.63) is 35.7 Å². The number of aromatic nitrogens is 2. The number of rotatable bonds is 6. The van der Waals surface area contributed by atoms with Gasteiger partial charge in [-0.25, -0.2) is 9.97 Å². The molecule has 0 amide bonds. The molecule has 1 aromatic heterocycles. The Morgan fingerprint density at radius 3 is 2.56 bits per heavy atom. The second-order valence-electron chi connectivity index (χ2n) is 7.15. The van der Waals surface area contributed by atoms with E-state index in [1.165, 1.54) is 16.8 Å². The molecule has 0 spiro atoms. The molecule has 3 rings (SSSR count). The van der Waals surface area contributed by atoms with Crippen LogP contribution in [-0.4, -0.2) is 55.9 Å². The topological polar surface area (TPSA) is 79.5 Å². The number of nitrogen functional groups attached to an aromatic ring is 1. The fraction of sp³-hybridized carbons (Fsp3) is 0.500. The van der Waals surface area contributed by atoms with E-state index in [9.17, 15) is 0 Å². The molecule has 1 atom stereocenters. The lowest BCUT2D eigenvalue weighted by molar-refractivity contribution is 0.190. The Hall–Kier alpha value is -2.54. The number of piperazine rings is 1. The number of ether oxygens (including phenoxy) is 1. The molecule has 7 nitrogen and oxygen atoms in total. The van der Waals surface area contributed by atoms with E-state index in [4.69, 9.17) is 10.5 Å². The number of hydrogen-bond donors (Lipinski definition) is 2. The molecule has 27 heavy (non-hydrogen) atoms. The van der Waals surface area contributed by atoms with Gasteiger partial charge in [-0.15, -0.1) is 0 Å². The normalized spacial score (nSPS) is 15.7. The smallest absolute Gasteiger partial charge is 0.157 e. The van der Waals surface area contributed by atoms with E-state index in [0.29, 0.717) is 18.1 Å². The van der Waals surface area contributed by atoms with Crippen LogP contribution in [0.3, 0.4) is 0 Å². The highest BCUT2D eigenvalue weighted by atomic mass is 16.5. The van der Waals surface area contributed by atoms with E-state index < -0.39 is 0 Å². The zero-order valence-electron chi connectivity index (χ0n) is 16.7. The third-order valence-corrected chi connectivity index (χ3v) is 5.16. The maximum Gasteiger partial charge on any atom is 0.157 e. The molecule has 7 heteroatoms. The van der Waals surface area contributed by atoms with Gasteiger partial charge in [0, 0.05) is 45.0 Å². The van der Waals surface area contributed by atoms with Crippen molar-refractivity contribution in [1.82, 2.24) is 9.97 Å². The molecule has 1 aromatic carbocycles. The Morgan fingerprint density at radius 1 is 1.15 bits per heavy atom. The molecular weight excluding hydrogens is 340 g/mol. The van der Waals surface area contributed by atoms with Gasteiger partial charge >= 0.3 is 0 Å². The largest absolute Gasteiger partial charge is 0.393 e. The lowest BCUT2D eigenvalue weighted by Gasteiger charge is -2.38. The summed E-state index contributed by atoms with van der Waals surface area (Å²) in [5.74, 6) is 1.47. The lowest BCUT2D eigenvalue weighted by atomic mass is 10.1. The van der Waals surface area contributed by atoms with Gasteiger partial charge in [-0.3, -0.25) is 0 Å². The summed E-state index contributed by atoms with van der Waals surface area (Å²) in [7, 11) is 1.68. The Labute approximate surface area is 161 Å². The zero-order valence-corrected chi connectivity index (χ0v) is 16.7. The van der Waals surface area contributed by atoms with Gasteiger partial charge in [0.05, 0.1) is 6.61 Å². The quantitative estimate of drug-likeness (QED) is 0.808. The fourth-order valence-corrected chi connectivity index (χ4v) is 3.52. The van der Waals surface area contributed by atoms with Gasteiger partial charge < -0.3 is 25.6 Å². The zero-order chi connectivity index (χ0) is 19.4. The molecule has 0 bridgehead atoms. The van der Waals surface area contributed by atoms with Crippen LogP contribution < -0.4 is 20.9 Å². The summed E-state index contributed by atoms with van der Waals surface area (Å²) in [5.41, 5.74) is 11.0. The highest BCUT2D eigenvalue weighted by Gasteiger charge is 2.22. The summed E-state index contributed by atoms with van der Waals surface area (Å²) in [4.78, 5) is 13.4. The molecule has 0 aliphatic carbocycles. The number of hydrogen-bond acceptors (Lipinski definition) is 7. The van der Waals surface area contributed by atoms with E-state index in [1.54, 1.807) is 13.4 Å².